The number of rotatable bonds is 6. The molecule has 1 heterocycles. The van der Waals surface area contributed by atoms with Crippen LogP contribution >= 0.6 is 0 Å². The van der Waals surface area contributed by atoms with Crippen LogP contribution in [-0.2, 0) is 21.2 Å². The molecule has 6 nitrogen and oxygen atoms in total. The molecule has 1 aliphatic rings. The van der Waals surface area contributed by atoms with Crippen molar-refractivity contribution in [2.45, 2.75) is 38.0 Å². The number of sulfonamides is 1. The zero-order valence-electron chi connectivity index (χ0n) is 16.7. The van der Waals surface area contributed by atoms with E-state index in [9.17, 15) is 13.2 Å². The Bertz CT molecular complexity index is 999. The first-order valence-electron chi connectivity index (χ1n) is 9.33. The van der Waals surface area contributed by atoms with Gasteiger partial charge in [0.2, 0.25) is 10.0 Å². The summed E-state index contributed by atoms with van der Waals surface area (Å²) in [5.74, 6) is 0.892. The van der Waals surface area contributed by atoms with Gasteiger partial charge in [-0.05, 0) is 67.3 Å². The molecule has 1 amide bonds. The van der Waals surface area contributed by atoms with Gasteiger partial charge in [0, 0.05) is 12.2 Å². The lowest BCUT2D eigenvalue weighted by molar-refractivity contribution is -0.120. The Kier molecular flexibility index (Phi) is 5.76. The van der Waals surface area contributed by atoms with Crippen molar-refractivity contribution in [3.05, 3.63) is 53.1 Å². The van der Waals surface area contributed by atoms with Gasteiger partial charge in [-0.25, -0.2) is 13.1 Å². The highest BCUT2D eigenvalue weighted by atomic mass is 32.2. The van der Waals surface area contributed by atoms with E-state index in [-0.39, 0.29) is 17.4 Å². The van der Waals surface area contributed by atoms with Crippen LogP contribution in [0, 0.1) is 6.92 Å². The van der Waals surface area contributed by atoms with E-state index < -0.39 is 10.0 Å². The Balaban J connectivity index is 1.76. The molecule has 3 rings (SSSR count). The molecule has 2 aromatic rings. The molecule has 0 spiro atoms. The molecule has 0 bridgehead atoms. The summed E-state index contributed by atoms with van der Waals surface area (Å²) in [6.07, 6.45) is 0.621. The molecule has 150 valence electrons. The van der Waals surface area contributed by atoms with Gasteiger partial charge in [-0.15, -0.1) is 0 Å². The first-order valence-corrected chi connectivity index (χ1v) is 10.8. The average molecular weight is 403 g/mol. The third-order valence-electron chi connectivity index (χ3n) is 4.97. The summed E-state index contributed by atoms with van der Waals surface area (Å²) in [5, 5.41) is 0. The maximum atomic E-state index is 12.8. The van der Waals surface area contributed by atoms with Crippen LogP contribution in [0.1, 0.15) is 36.5 Å². The summed E-state index contributed by atoms with van der Waals surface area (Å²) in [7, 11) is -2.12. The number of nitrogens with one attached hydrogen (secondary N) is 1. The van der Waals surface area contributed by atoms with Crippen molar-refractivity contribution in [3.8, 4) is 5.75 Å². The Labute approximate surface area is 166 Å². The molecule has 0 atom stereocenters. The molecular weight excluding hydrogens is 376 g/mol. The van der Waals surface area contributed by atoms with Gasteiger partial charge in [-0.3, -0.25) is 4.79 Å². The fourth-order valence-corrected chi connectivity index (χ4v) is 4.16. The number of ether oxygens (including phenoxy) is 1. The lowest BCUT2D eigenvalue weighted by Gasteiger charge is -2.19. The predicted octanol–water partition coefficient (Wildman–Crippen LogP) is 2.99. The molecule has 2 aromatic carbocycles. The van der Waals surface area contributed by atoms with Crippen molar-refractivity contribution in [3.63, 3.8) is 0 Å². The first kappa shape index (κ1) is 20.4. The van der Waals surface area contributed by atoms with Gasteiger partial charge in [0.1, 0.15) is 5.75 Å². The molecule has 1 aliphatic heterocycles. The SMILES string of the molecule is CNS(=O)(=O)c1ccc2c(c1)CCN2C(=O)COc1cc(C)ccc1C(C)C. The highest BCUT2D eigenvalue weighted by Gasteiger charge is 2.27. The van der Waals surface area contributed by atoms with E-state index in [1.165, 1.54) is 13.1 Å². The number of nitrogens with zero attached hydrogens (tertiary/aromatic N) is 1. The Morgan fingerprint density at radius 3 is 2.64 bits per heavy atom. The van der Waals surface area contributed by atoms with Crippen LogP contribution in [0.15, 0.2) is 41.3 Å². The molecule has 0 saturated heterocycles. The van der Waals surface area contributed by atoms with Crippen LogP contribution in [0.5, 0.6) is 5.75 Å². The van der Waals surface area contributed by atoms with E-state index in [0.717, 1.165) is 28.1 Å². The van der Waals surface area contributed by atoms with Crippen molar-refractivity contribution < 1.29 is 17.9 Å². The molecule has 7 heteroatoms. The Morgan fingerprint density at radius 1 is 1.21 bits per heavy atom. The van der Waals surface area contributed by atoms with Crippen molar-refractivity contribution in [1.82, 2.24) is 4.72 Å². The molecule has 0 aliphatic carbocycles. The minimum Gasteiger partial charge on any atom is -0.483 e. The highest BCUT2D eigenvalue weighted by Crippen LogP contribution is 2.31. The minimum absolute atomic E-state index is 0.0564. The van der Waals surface area contributed by atoms with E-state index in [1.54, 1.807) is 17.0 Å². The second-order valence-corrected chi connectivity index (χ2v) is 9.16. The van der Waals surface area contributed by atoms with Crippen LogP contribution in [0.25, 0.3) is 0 Å². The lowest BCUT2D eigenvalue weighted by atomic mass is 10.0. The molecule has 0 radical (unpaired) electrons. The fraction of sp³-hybridized carbons (Fsp3) is 0.381. The van der Waals surface area contributed by atoms with Gasteiger partial charge in [-0.2, -0.15) is 0 Å². The van der Waals surface area contributed by atoms with Crippen molar-refractivity contribution in [2.24, 2.45) is 0 Å². The second-order valence-electron chi connectivity index (χ2n) is 7.28. The second kappa shape index (κ2) is 7.93. The molecule has 0 unspecified atom stereocenters. The predicted molar refractivity (Wildman–Crippen MR) is 110 cm³/mol. The molecule has 0 aromatic heterocycles. The summed E-state index contributed by atoms with van der Waals surface area (Å²) in [4.78, 5) is 14.6. The average Bonchev–Trinajstić information content (AvgIpc) is 3.09. The molecule has 28 heavy (non-hydrogen) atoms. The quantitative estimate of drug-likeness (QED) is 0.806. The van der Waals surface area contributed by atoms with Gasteiger partial charge in [0.25, 0.3) is 5.91 Å². The van der Waals surface area contributed by atoms with Crippen molar-refractivity contribution in [2.75, 3.05) is 25.1 Å². The minimum atomic E-state index is -3.50. The van der Waals surface area contributed by atoms with E-state index in [1.807, 2.05) is 25.1 Å². The topological polar surface area (TPSA) is 75.7 Å². The highest BCUT2D eigenvalue weighted by molar-refractivity contribution is 7.89. The summed E-state index contributed by atoms with van der Waals surface area (Å²) >= 11 is 0. The van der Waals surface area contributed by atoms with Crippen LogP contribution in [-0.4, -0.2) is 34.5 Å². The molecule has 0 fully saturated rings. The molecular formula is C21H26N2O4S. The third-order valence-corrected chi connectivity index (χ3v) is 6.38. The largest absolute Gasteiger partial charge is 0.483 e. The van der Waals surface area contributed by atoms with Gasteiger partial charge < -0.3 is 9.64 Å². The lowest BCUT2D eigenvalue weighted by Crippen LogP contribution is -2.33. The number of hydrogen-bond donors (Lipinski definition) is 1. The number of carbonyl (C=O) groups is 1. The monoisotopic (exact) mass is 402 g/mol. The summed E-state index contributed by atoms with van der Waals surface area (Å²) in [5.41, 5.74) is 3.75. The molecule has 1 N–H and O–H groups in total. The number of amides is 1. The van der Waals surface area contributed by atoms with Gasteiger partial charge in [0.05, 0.1) is 4.90 Å². The van der Waals surface area contributed by atoms with E-state index in [4.69, 9.17) is 4.74 Å². The third kappa shape index (κ3) is 4.05. The van der Waals surface area contributed by atoms with E-state index in [2.05, 4.69) is 18.6 Å². The van der Waals surface area contributed by atoms with Crippen molar-refractivity contribution in [1.29, 1.82) is 0 Å². The standard InChI is InChI=1S/C21H26N2O4S/c1-14(2)18-7-5-15(3)11-20(18)27-13-21(24)23-10-9-16-12-17(6-8-19(16)23)28(25,26)22-4/h5-8,11-12,14,22H,9-10,13H2,1-4H3. The zero-order chi connectivity index (χ0) is 20.5. The van der Waals surface area contributed by atoms with Crippen LogP contribution < -0.4 is 14.4 Å². The number of fused-ring (bicyclic) bond motifs is 1. The van der Waals surface area contributed by atoms with Gasteiger partial charge in [0.15, 0.2) is 6.61 Å². The first-order chi connectivity index (χ1) is 13.2. The van der Waals surface area contributed by atoms with Crippen LogP contribution in [0.3, 0.4) is 0 Å². The number of carbonyl (C=O) groups excluding carboxylic acids is 1. The van der Waals surface area contributed by atoms with Gasteiger partial charge in [-0.1, -0.05) is 26.0 Å². The number of anilines is 1. The molecule has 0 saturated carbocycles. The Hall–Kier alpha value is -2.38. The van der Waals surface area contributed by atoms with Crippen LogP contribution in [0.4, 0.5) is 5.69 Å². The van der Waals surface area contributed by atoms with Crippen LogP contribution in [0.2, 0.25) is 0 Å². The smallest absolute Gasteiger partial charge is 0.264 e. The van der Waals surface area contributed by atoms with Crippen molar-refractivity contribution >= 4 is 21.6 Å². The normalized spacial score (nSPS) is 13.7. The van der Waals surface area contributed by atoms with E-state index in [0.29, 0.717) is 18.9 Å². The van der Waals surface area contributed by atoms with Gasteiger partial charge >= 0.3 is 0 Å². The maximum Gasteiger partial charge on any atom is 0.264 e. The maximum absolute atomic E-state index is 12.8. The summed E-state index contributed by atoms with van der Waals surface area (Å²) in [6.45, 7) is 6.64. The number of benzene rings is 2. The van der Waals surface area contributed by atoms with E-state index >= 15 is 0 Å². The number of hydrogen-bond acceptors (Lipinski definition) is 4. The fourth-order valence-electron chi connectivity index (χ4n) is 3.38. The Morgan fingerprint density at radius 2 is 1.96 bits per heavy atom. The number of aryl methyl sites for hydroxylation is 1. The zero-order valence-corrected chi connectivity index (χ0v) is 17.5. The summed E-state index contributed by atoms with van der Waals surface area (Å²) in [6, 6.07) is 10.9. The summed E-state index contributed by atoms with van der Waals surface area (Å²) < 4.78 is 32.1.